The number of hydrogen-bond donors (Lipinski definition) is 3. The summed E-state index contributed by atoms with van der Waals surface area (Å²) in [7, 11) is 0. The number of anilines is 2. The minimum absolute atomic E-state index is 0.450. The molecule has 0 aliphatic heterocycles. The molecule has 2 amide bonds. The van der Waals surface area contributed by atoms with E-state index in [1.165, 1.54) is 0 Å². The van der Waals surface area contributed by atoms with Crippen LogP contribution in [0.1, 0.15) is 11.1 Å². The van der Waals surface area contributed by atoms with Crippen LogP contribution in [0.15, 0.2) is 41.6 Å². The Morgan fingerprint density at radius 3 is 1.60 bits per heavy atom. The van der Waals surface area contributed by atoms with Gasteiger partial charge in [0.1, 0.15) is 0 Å². The highest BCUT2D eigenvalue weighted by Gasteiger charge is 2.22. The van der Waals surface area contributed by atoms with Crippen LogP contribution in [0.2, 0.25) is 10.0 Å². The van der Waals surface area contributed by atoms with Crippen molar-refractivity contribution in [1.82, 2.24) is 0 Å². The molecule has 3 N–H and O–H groups in total. The third-order valence-corrected chi connectivity index (χ3v) is 3.87. The summed E-state index contributed by atoms with van der Waals surface area (Å²) in [6.07, 6.45) is 0. The van der Waals surface area contributed by atoms with E-state index >= 15 is 0 Å². The number of nitrogens with one attached hydrogen (secondary N) is 2. The van der Waals surface area contributed by atoms with Gasteiger partial charge in [-0.1, -0.05) is 28.4 Å². The molecule has 0 unspecified atom stereocenters. The summed E-state index contributed by atoms with van der Waals surface area (Å²) in [5.41, 5.74) is 1.62. The van der Waals surface area contributed by atoms with Crippen LogP contribution in [0, 0.1) is 13.8 Å². The third kappa shape index (κ3) is 4.71. The molecule has 0 fully saturated rings. The number of benzene rings is 2. The van der Waals surface area contributed by atoms with E-state index in [4.69, 9.17) is 28.4 Å². The number of amides is 2. The Bertz CT molecular complexity index is 799. The molecule has 2 aromatic rings. The largest absolute Gasteiger partial charge is 0.410 e. The van der Waals surface area contributed by atoms with Crippen LogP contribution >= 0.6 is 23.2 Å². The Morgan fingerprint density at radius 1 is 0.880 bits per heavy atom. The predicted octanol–water partition coefficient (Wildman–Crippen LogP) is 4.02. The van der Waals surface area contributed by atoms with Crippen LogP contribution in [0.5, 0.6) is 0 Å². The van der Waals surface area contributed by atoms with Gasteiger partial charge in [-0.15, -0.1) is 0 Å². The second-order valence-corrected chi connectivity index (χ2v) is 6.15. The summed E-state index contributed by atoms with van der Waals surface area (Å²) >= 11 is 11.7. The summed E-state index contributed by atoms with van der Waals surface area (Å²) in [6, 6.07) is 9.68. The first kappa shape index (κ1) is 18.8. The fraction of sp³-hybridized carbons (Fsp3) is 0.118. The molecule has 0 aromatic heterocycles. The first-order valence-electron chi connectivity index (χ1n) is 7.19. The molecule has 0 saturated heterocycles. The quantitative estimate of drug-likeness (QED) is 0.324. The van der Waals surface area contributed by atoms with Gasteiger partial charge in [0.25, 0.3) is 11.8 Å². The standard InChI is InChI=1S/C17H15Cl2N3O3/c1-9-7-11(18)3-5-13(9)20-16(23)15(22-25)17(24)21-14-6-4-12(19)8-10(14)2/h3-8,25H,1-2H3,(H,20,23)(H,21,24). The van der Waals surface area contributed by atoms with Gasteiger partial charge in [0.2, 0.25) is 5.71 Å². The highest BCUT2D eigenvalue weighted by molar-refractivity contribution is 6.68. The Kier molecular flexibility index (Phi) is 6.01. The van der Waals surface area contributed by atoms with Gasteiger partial charge in [0, 0.05) is 21.4 Å². The van der Waals surface area contributed by atoms with Crippen LogP contribution in [0.4, 0.5) is 11.4 Å². The Morgan fingerprint density at radius 2 is 1.28 bits per heavy atom. The Hall–Kier alpha value is -2.57. The molecular formula is C17H15Cl2N3O3. The summed E-state index contributed by atoms with van der Waals surface area (Å²) in [4.78, 5) is 24.5. The molecule has 2 aromatic carbocycles. The van der Waals surface area contributed by atoms with Gasteiger partial charge >= 0.3 is 0 Å². The van der Waals surface area contributed by atoms with Gasteiger partial charge in [-0.2, -0.15) is 0 Å². The van der Waals surface area contributed by atoms with E-state index in [-0.39, 0.29) is 0 Å². The highest BCUT2D eigenvalue weighted by atomic mass is 35.5. The smallest absolute Gasteiger partial charge is 0.283 e. The summed E-state index contributed by atoms with van der Waals surface area (Å²) in [5, 5.41) is 17.9. The van der Waals surface area contributed by atoms with Crippen LogP contribution in [-0.4, -0.2) is 22.7 Å². The SMILES string of the molecule is Cc1cc(Cl)ccc1NC(=O)C(=NO)C(=O)Nc1ccc(Cl)cc1C. The van der Waals surface area contributed by atoms with E-state index < -0.39 is 17.5 Å². The van der Waals surface area contributed by atoms with E-state index in [9.17, 15) is 9.59 Å². The number of oxime groups is 1. The monoisotopic (exact) mass is 379 g/mol. The molecule has 6 nitrogen and oxygen atoms in total. The van der Waals surface area contributed by atoms with Crippen molar-refractivity contribution in [3.63, 3.8) is 0 Å². The summed E-state index contributed by atoms with van der Waals surface area (Å²) in [5.74, 6) is -1.70. The molecule has 25 heavy (non-hydrogen) atoms. The molecule has 0 heterocycles. The van der Waals surface area contributed by atoms with Crippen LogP contribution in [0.25, 0.3) is 0 Å². The average molecular weight is 380 g/mol. The Balaban J connectivity index is 2.15. The maximum absolute atomic E-state index is 12.2. The van der Waals surface area contributed by atoms with E-state index in [1.807, 2.05) is 0 Å². The van der Waals surface area contributed by atoms with Gasteiger partial charge in [0.05, 0.1) is 0 Å². The molecule has 0 aliphatic rings. The van der Waals surface area contributed by atoms with Crippen molar-refractivity contribution in [2.45, 2.75) is 13.8 Å². The van der Waals surface area contributed by atoms with Crippen molar-refractivity contribution in [2.75, 3.05) is 10.6 Å². The molecule has 0 radical (unpaired) electrons. The molecule has 130 valence electrons. The van der Waals surface area contributed by atoms with Crippen LogP contribution in [-0.2, 0) is 9.59 Å². The van der Waals surface area contributed by atoms with Gasteiger partial charge < -0.3 is 15.8 Å². The predicted molar refractivity (Wildman–Crippen MR) is 98.9 cm³/mol. The minimum Gasteiger partial charge on any atom is -0.410 e. The lowest BCUT2D eigenvalue weighted by atomic mass is 10.2. The number of carbonyl (C=O) groups excluding carboxylic acids is 2. The third-order valence-electron chi connectivity index (χ3n) is 3.40. The highest BCUT2D eigenvalue weighted by Crippen LogP contribution is 2.21. The first-order chi connectivity index (χ1) is 11.8. The molecular weight excluding hydrogens is 365 g/mol. The minimum atomic E-state index is -0.850. The first-order valence-corrected chi connectivity index (χ1v) is 7.94. The van der Waals surface area contributed by atoms with Crippen molar-refractivity contribution in [1.29, 1.82) is 0 Å². The molecule has 0 atom stereocenters. The number of hydrogen-bond acceptors (Lipinski definition) is 4. The second kappa shape index (κ2) is 8.00. The normalized spacial score (nSPS) is 10.1. The molecule has 0 spiro atoms. The van der Waals surface area contributed by atoms with Crippen LogP contribution in [0.3, 0.4) is 0 Å². The van der Waals surface area contributed by atoms with Gasteiger partial charge in [-0.25, -0.2) is 0 Å². The van der Waals surface area contributed by atoms with Gasteiger partial charge in [0.15, 0.2) is 0 Å². The molecule has 0 aliphatic carbocycles. The number of rotatable bonds is 4. The van der Waals surface area contributed by atoms with Crippen molar-refractivity contribution < 1.29 is 14.8 Å². The van der Waals surface area contributed by atoms with E-state index in [1.54, 1.807) is 50.2 Å². The molecule has 2 rings (SSSR count). The fourth-order valence-electron chi connectivity index (χ4n) is 2.09. The molecule has 8 heteroatoms. The van der Waals surface area contributed by atoms with E-state index in [0.717, 1.165) is 0 Å². The van der Waals surface area contributed by atoms with Crippen molar-refractivity contribution in [3.8, 4) is 0 Å². The van der Waals surface area contributed by atoms with Crippen molar-refractivity contribution in [2.24, 2.45) is 5.16 Å². The number of halogens is 2. The average Bonchev–Trinajstić information content (AvgIpc) is 2.53. The second-order valence-electron chi connectivity index (χ2n) is 5.28. The topological polar surface area (TPSA) is 90.8 Å². The van der Waals surface area contributed by atoms with Crippen molar-refractivity contribution >= 4 is 52.1 Å². The zero-order valence-corrected chi connectivity index (χ0v) is 14.9. The lowest BCUT2D eigenvalue weighted by Gasteiger charge is -2.11. The lowest BCUT2D eigenvalue weighted by Crippen LogP contribution is -2.34. The zero-order chi connectivity index (χ0) is 18.6. The number of aryl methyl sites for hydroxylation is 2. The number of nitrogens with zero attached hydrogens (tertiary/aromatic N) is 1. The zero-order valence-electron chi connectivity index (χ0n) is 13.4. The van der Waals surface area contributed by atoms with Gasteiger partial charge in [-0.3, -0.25) is 9.59 Å². The van der Waals surface area contributed by atoms with Crippen molar-refractivity contribution in [3.05, 3.63) is 57.6 Å². The van der Waals surface area contributed by atoms with Gasteiger partial charge in [-0.05, 0) is 61.4 Å². The van der Waals surface area contributed by atoms with E-state index in [0.29, 0.717) is 32.5 Å². The molecule has 0 bridgehead atoms. The van der Waals surface area contributed by atoms with E-state index in [2.05, 4.69) is 15.8 Å². The summed E-state index contributed by atoms with van der Waals surface area (Å²) in [6.45, 7) is 3.49. The Labute approximate surface area is 154 Å². The lowest BCUT2D eigenvalue weighted by molar-refractivity contribution is -0.114. The summed E-state index contributed by atoms with van der Waals surface area (Å²) < 4.78 is 0. The van der Waals surface area contributed by atoms with Crippen LogP contribution < -0.4 is 10.6 Å². The maximum Gasteiger partial charge on any atom is 0.283 e. The maximum atomic E-state index is 12.2. The number of carbonyl (C=O) groups is 2. The fourth-order valence-corrected chi connectivity index (χ4v) is 2.54. The molecule has 0 saturated carbocycles.